The summed E-state index contributed by atoms with van der Waals surface area (Å²) in [7, 11) is 1.65. The van der Waals surface area contributed by atoms with Gasteiger partial charge < -0.3 is 20.4 Å². The number of carbonyl (C=O) groups is 1. The predicted octanol–water partition coefficient (Wildman–Crippen LogP) is 6.15. The molecule has 0 saturated carbocycles. The van der Waals surface area contributed by atoms with Gasteiger partial charge in [-0.2, -0.15) is 0 Å². The molecule has 182 valence electrons. The van der Waals surface area contributed by atoms with Crippen LogP contribution in [0.15, 0.2) is 77.7 Å². The zero-order valence-corrected chi connectivity index (χ0v) is 20.5. The minimum atomic E-state index is -0.336. The zero-order chi connectivity index (χ0) is 25.4. The Kier molecular flexibility index (Phi) is 5.72. The minimum Gasteiger partial charge on any atom is -0.454 e. The molecule has 3 aromatic carbocycles. The summed E-state index contributed by atoms with van der Waals surface area (Å²) in [5.41, 5.74) is 3.25. The molecule has 2 heterocycles. The molecule has 0 radical (unpaired) electrons. The lowest BCUT2D eigenvalue weighted by Gasteiger charge is -2.20. The van der Waals surface area contributed by atoms with Gasteiger partial charge >= 0.3 is 11.7 Å². The van der Waals surface area contributed by atoms with Crippen LogP contribution in [0.5, 0.6) is 11.5 Å². The van der Waals surface area contributed by atoms with Crippen molar-refractivity contribution in [3.8, 4) is 11.5 Å². The quantitative estimate of drug-likeness (QED) is 0.287. The fourth-order valence-electron chi connectivity index (χ4n) is 4.11. The number of nitrogens with one attached hydrogen (secondary N) is 3. The van der Waals surface area contributed by atoms with Gasteiger partial charge in [0.25, 0.3) is 0 Å². The summed E-state index contributed by atoms with van der Waals surface area (Å²) in [4.78, 5) is 32.0. The van der Waals surface area contributed by atoms with Crippen LogP contribution in [0.4, 0.5) is 16.2 Å². The molecule has 36 heavy (non-hydrogen) atoms. The number of hydrogen-bond acceptors (Lipinski definition) is 4. The van der Waals surface area contributed by atoms with Crippen LogP contribution in [0.3, 0.4) is 0 Å². The molecule has 0 saturated heterocycles. The van der Waals surface area contributed by atoms with Gasteiger partial charge in [-0.1, -0.05) is 57.2 Å². The molecule has 0 unspecified atom stereocenters. The summed E-state index contributed by atoms with van der Waals surface area (Å²) < 4.78 is 7.66. The fourth-order valence-corrected chi connectivity index (χ4v) is 4.11. The van der Waals surface area contributed by atoms with E-state index >= 15 is 0 Å². The van der Waals surface area contributed by atoms with E-state index in [0.29, 0.717) is 28.4 Å². The number of benzene rings is 3. The molecule has 0 fully saturated rings. The maximum Gasteiger partial charge on any atom is 0.327 e. The molecule has 0 aliphatic heterocycles. The number of aromatic nitrogens is 3. The van der Waals surface area contributed by atoms with Crippen LogP contribution in [0, 0.1) is 0 Å². The van der Waals surface area contributed by atoms with Crippen molar-refractivity contribution in [3.05, 3.63) is 89.0 Å². The molecule has 0 spiro atoms. The lowest BCUT2D eigenvalue weighted by Crippen LogP contribution is -2.20. The first-order valence-corrected chi connectivity index (χ1v) is 11.6. The third-order valence-corrected chi connectivity index (χ3v) is 6.09. The Morgan fingerprint density at radius 1 is 0.944 bits per heavy atom. The summed E-state index contributed by atoms with van der Waals surface area (Å²) in [6, 6.07) is 20.5. The first kappa shape index (κ1) is 23.2. The van der Waals surface area contributed by atoms with Crippen LogP contribution in [-0.4, -0.2) is 20.6 Å². The second-order valence-electron chi connectivity index (χ2n) is 9.67. The number of hydrogen-bond donors (Lipinski definition) is 3. The predicted molar refractivity (Wildman–Crippen MR) is 143 cm³/mol. The Labute approximate surface area is 207 Å². The third kappa shape index (κ3) is 4.40. The van der Waals surface area contributed by atoms with E-state index in [-0.39, 0.29) is 17.1 Å². The number of amides is 2. The highest BCUT2D eigenvalue weighted by atomic mass is 16.5. The van der Waals surface area contributed by atoms with E-state index < -0.39 is 0 Å². The number of nitrogens with zero attached hydrogens (tertiary/aromatic N) is 2. The highest BCUT2D eigenvalue weighted by Crippen LogP contribution is 2.36. The summed E-state index contributed by atoms with van der Waals surface area (Å²) in [5, 5.41) is 7.52. The SMILES string of the molecule is Cn1c(=O)[nH]c2c(Oc3ccc(NC(=O)Nc4cccc(C(C)(C)C)c4)c4ccccc34)ccnc21. The number of carbonyl (C=O) groups excluding carboxylic acids is 1. The maximum atomic E-state index is 12.8. The van der Waals surface area contributed by atoms with Crippen LogP contribution < -0.4 is 21.1 Å². The van der Waals surface area contributed by atoms with E-state index in [1.54, 1.807) is 31.4 Å². The number of anilines is 2. The summed E-state index contributed by atoms with van der Waals surface area (Å²) in [6.07, 6.45) is 1.60. The lowest BCUT2D eigenvalue weighted by molar-refractivity contribution is 0.262. The lowest BCUT2D eigenvalue weighted by atomic mass is 9.87. The van der Waals surface area contributed by atoms with Gasteiger partial charge in [0.2, 0.25) is 0 Å². The fraction of sp³-hybridized carbons (Fsp3) is 0.179. The average molecular weight is 482 g/mol. The second-order valence-corrected chi connectivity index (χ2v) is 9.67. The van der Waals surface area contributed by atoms with Gasteiger partial charge in [0, 0.05) is 35.8 Å². The van der Waals surface area contributed by atoms with Gasteiger partial charge in [-0.25, -0.2) is 14.6 Å². The van der Waals surface area contributed by atoms with Crippen molar-refractivity contribution < 1.29 is 9.53 Å². The maximum absolute atomic E-state index is 12.8. The van der Waals surface area contributed by atoms with E-state index in [9.17, 15) is 9.59 Å². The monoisotopic (exact) mass is 481 g/mol. The highest BCUT2D eigenvalue weighted by Gasteiger charge is 2.16. The summed E-state index contributed by atoms with van der Waals surface area (Å²) >= 11 is 0. The van der Waals surface area contributed by atoms with Crippen LogP contribution in [0.25, 0.3) is 21.9 Å². The molecule has 8 heteroatoms. The number of imidazole rings is 1. The third-order valence-electron chi connectivity index (χ3n) is 6.09. The number of H-pyrrole nitrogens is 1. The number of pyridine rings is 1. The smallest absolute Gasteiger partial charge is 0.327 e. The number of fused-ring (bicyclic) bond motifs is 2. The summed E-state index contributed by atoms with van der Waals surface area (Å²) in [6.45, 7) is 6.40. The molecule has 5 rings (SSSR count). The van der Waals surface area contributed by atoms with Crippen LogP contribution in [0.2, 0.25) is 0 Å². The molecule has 3 N–H and O–H groups in total. The number of urea groups is 1. The number of rotatable bonds is 4. The van der Waals surface area contributed by atoms with Crippen molar-refractivity contribution in [2.45, 2.75) is 26.2 Å². The van der Waals surface area contributed by atoms with Crippen LogP contribution in [-0.2, 0) is 12.5 Å². The van der Waals surface area contributed by atoms with E-state index in [1.165, 1.54) is 4.57 Å². The average Bonchev–Trinajstić information content (AvgIpc) is 3.14. The van der Waals surface area contributed by atoms with E-state index in [4.69, 9.17) is 4.74 Å². The minimum absolute atomic E-state index is 0.0205. The molecular formula is C28H27N5O3. The first-order valence-electron chi connectivity index (χ1n) is 11.6. The van der Waals surface area contributed by atoms with Gasteiger partial charge in [0.1, 0.15) is 11.3 Å². The molecule has 5 aromatic rings. The normalized spacial score (nSPS) is 11.6. The Morgan fingerprint density at radius 3 is 2.50 bits per heavy atom. The van der Waals surface area contributed by atoms with E-state index in [1.807, 2.05) is 42.5 Å². The molecule has 0 aliphatic carbocycles. The van der Waals surface area contributed by atoms with Gasteiger partial charge in [-0.15, -0.1) is 0 Å². The molecular weight excluding hydrogens is 454 g/mol. The van der Waals surface area contributed by atoms with Crippen LogP contribution >= 0.6 is 0 Å². The van der Waals surface area contributed by atoms with Gasteiger partial charge in [-0.05, 0) is 35.2 Å². The Bertz CT molecular complexity index is 1660. The van der Waals surface area contributed by atoms with Crippen molar-refractivity contribution in [1.29, 1.82) is 0 Å². The number of ether oxygens (including phenoxy) is 1. The molecule has 0 bridgehead atoms. The van der Waals surface area contributed by atoms with Gasteiger partial charge in [0.05, 0.1) is 5.69 Å². The van der Waals surface area contributed by atoms with Crippen molar-refractivity contribution >= 4 is 39.3 Å². The Balaban J connectivity index is 1.43. The van der Waals surface area contributed by atoms with Gasteiger partial charge in [-0.3, -0.25) is 4.57 Å². The zero-order valence-electron chi connectivity index (χ0n) is 20.5. The van der Waals surface area contributed by atoms with Crippen molar-refractivity contribution in [3.63, 3.8) is 0 Å². The van der Waals surface area contributed by atoms with Crippen molar-refractivity contribution in [2.75, 3.05) is 10.6 Å². The summed E-state index contributed by atoms with van der Waals surface area (Å²) in [5.74, 6) is 1.08. The molecule has 8 nitrogen and oxygen atoms in total. The van der Waals surface area contributed by atoms with Gasteiger partial charge in [0.15, 0.2) is 11.4 Å². The Hall–Kier alpha value is -4.59. The standard InChI is InChI=1S/C28H27N5O3/c1-28(2,3)17-8-7-9-18(16-17)30-26(34)31-21-12-13-22(20-11-6-5-10-19(20)21)36-23-14-15-29-25-24(23)32-27(35)33(25)4/h5-16H,1-4H3,(H,32,35)(H2,30,31,34). The van der Waals surface area contributed by atoms with Crippen LogP contribution in [0.1, 0.15) is 26.3 Å². The van der Waals surface area contributed by atoms with E-state index in [2.05, 4.69) is 47.4 Å². The highest BCUT2D eigenvalue weighted by molar-refractivity contribution is 6.07. The molecule has 0 atom stereocenters. The number of aromatic amines is 1. The van der Waals surface area contributed by atoms with Crippen molar-refractivity contribution in [2.24, 2.45) is 7.05 Å². The van der Waals surface area contributed by atoms with Crippen molar-refractivity contribution in [1.82, 2.24) is 14.5 Å². The number of aryl methyl sites for hydroxylation is 1. The first-order chi connectivity index (χ1) is 17.2. The largest absolute Gasteiger partial charge is 0.454 e. The Morgan fingerprint density at radius 2 is 1.72 bits per heavy atom. The van der Waals surface area contributed by atoms with E-state index in [0.717, 1.165) is 22.0 Å². The molecule has 2 amide bonds. The topological polar surface area (TPSA) is 101 Å². The molecule has 0 aliphatic rings. The second kappa shape index (κ2) is 8.88. The molecule has 2 aromatic heterocycles.